The first kappa shape index (κ1) is 10.6. The molecule has 3 N–H and O–H groups in total. The maximum atomic E-state index is 5.55. The van der Waals surface area contributed by atoms with Crippen molar-refractivity contribution in [2.24, 2.45) is 18.8 Å². The van der Waals surface area contributed by atoms with Crippen molar-refractivity contribution in [1.29, 1.82) is 0 Å². The molecular formula is C10H18N4O. The summed E-state index contributed by atoms with van der Waals surface area (Å²) in [5.74, 6) is 6.16. The van der Waals surface area contributed by atoms with E-state index in [-0.39, 0.29) is 6.04 Å². The molecule has 0 radical (unpaired) electrons. The summed E-state index contributed by atoms with van der Waals surface area (Å²) in [5.41, 5.74) is 3.83. The van der Waals surface area contributed by atoms with E-state index in [9.17, 15) is 0 Å². The van der Waals surface area contributed by atoms with Gasteiger partial charge >= 0.3 is 0 Å². The van der Waals surface area contributed by atoms with Crippen molar-refractivity contribution in [3.63, 3.8) is 0 Å². The van der Waals surface area contributed by atoms with E-state index >= 15 is 0 Å². The quantitative estimate of drug-likeness (QED) is 0.556. The number of hydrogen-bond acceptors (Lipinski definition) is 4. The average molecular weight is 210 g/mol. The standard InChI is InChI=1S/C10H18N4O/c1-14-4-2-9(13-14)10(12-11)6-8-3-5-15-7-8/h2,4,8,10,12H,3,5-7,11H2,1H3. The van der Waals surface area contributed by atoms with Crippen LogP contribution in [0.4, 0.5) is 0 Å². The van der Waals surface area contributed by atoms with E-state index in [1.807, 2.05) is 19.3 Å². The molecule has 5 heteroatoms. The van der Waals surface area contributed by atoms with Crippen LogP contribution in [0.15, 0.2) is 12.3 Å². The molecule has 0 saturated carbocycles. The van der Waals surface area contributed by atoms with Crippen LogP contribution in [0.2, 0.25) is 0 Å². The van der Waals surface area contributed by atoms with Crippen LogP contribution in [0.3, 0.4) is 0 Å². The minimum atomic E-state index is 0.137. The lowest BCUT2D eigenvalue weighted by molar-refractivity contribution is 0.181. The van der Waals surface area contributed by atoms with Crippen LogP contribution in [0.5, 0.6) is 0 Å². The zero-order valence-corrected chi connectivity index (χ0v) is 9.02. The highest BCUT2D eigenvalue weighted by molar-refractivity contribution is 5.05. The molecular weight excluding hydrogens is 192 g/mol. The van der Waals surface area contributed by atoms with Gasteiger partial charge in [0.1, 0.15) is 0 Å². The van der Waals surface area contributed by atoms with Gasteiger partial charge in [0.25, 0.3) is 0 Å². The molecule has 1 fully saturated rings. The molecule has 0 bridgehead atoms. The van der Waals surface area contributed by atoms with Crippen molar-refractivity contribution in [3.8, 4) is 0 Å². The van der Waals surface area contributed by atoms with E-state index in [0.717, 1.165) is 31.7 Å². The van der Waals surface area contributed by atoms with Gasteiger partial charge in [-0.3, -0.25) is 16.0 Å². The Hall–Kier alpha value is -0.910. The maximum absolute atomic E-state index is 5.55. The molecule has 2 heterocycles. The van der Waals surface area contributed by atoms with Crippen LogP contribution < -0.4 is 11.3 Å². The van der Waals surface area contributed by atoms with Crippen LogP contribution in [-0.4, -0.2) is 23.0 Å². The first-order valence-corrected chi connectivity index (χ1v) is 5.33. The minimum absolute atomic E-state index is 0.137. The molecule has 0 amide bonds. The van der Waals surface area contributed by atoms with Gasteiger partial charge in [-0.15, -0.1) is 0 Å². The Bertz CT molecular complexity index is 306. The van der Waals surface area contributed by atoms with Gasteiger partial charge < -0.3 is 4.74 Å². The molecule has 2 atom stereocenters. The van der Waals surface area contributed by atoms with E-state index in [1.165, 1.54) is 0 Å². The summed E-state index contributed by atoms with van der Waals surface area (Å²) in [5, 5.41) is 4.36. The summed E-state index contributed by atoms with van der Waals surface area (Å²) >= 11 is 0. The Morgan fingerprint density at radius 1 is 1.80 bits per heavy atom. The van der Waals surface area contributed by atoms with E-state index < -0.39 is 0 Å². The van der Waals surface area contributed by atoms with E-state index in [2.05, 4.69) is 10.5 Å². The maximum Gasteiger partial charge on any atom is 0.0807 e. The van der Waals surface area contributed by atoms with Crippen LogP contribution in [0.25, 0.3) is 0 Å². The summed E-state index contributed by atoms with van der Waals surface area (Å²) < 4.78 is 7.15. The van der Waals surface area contributed by atoms with Gasteiger partial charge in [0.05, 0.1) is 11.7 Å². The van der Waals surface area contributed by atoms with Crippen molar-refractivity contribution < 1.29 is 4.74 Å². The largest absolute Gasteiger partial charge is 0.381 e. The molecule has 0 aliphatic carbocycles. The number of nitrogens with zero attached hydrogens (tertiary/aromatic N) is 2. The van der Waals surface area contributed by atoms with Crippen molar-refractivity contribution in [1.82, 2.24) is 15.2 Å². The van der Waals surface area contributed by atoms with Crippen LogP contribution >= 0.6 is 0 Å². The van der Waals surface area contributed by atoms with Crippen molar-refractivity contribution in [3.05, 3.63) is 18.0 Å². The Labute approximate surface area is 89.6 Å². The molecule has 0 spiro atoms. The van der Waals surface area contributed by atoms with Crippen LogP contribution in [0.1, 0.15) is 24.6 Å². The van der Waals surface area contributed by atoms with Gasteiger partial charge in [0.2, 0.25) is 0 Å². The number of aryl methyl sites for hydroxylation is 1. The molecule has 1 aromatic rings. The SMILES string of the molecule is Cn1ccc(C(CC2CCOC2)NN)n1. The fourth-order valence-electron chi connectivity index (χ4n) is 2.00. The van der Waals surface area contributed by atoms with E-state index in [4.69, 9.17) is 10.6 Å². The van der Waals surface area contributed by atoms with Gasteiger partial charge in [0.15, 0.2) is 0 Å². The molecule has 1 saturated heterocycles. The number of ether oxygens (including phenoxy) is 1. The molecule has 5 nitrogen and oxygen atoms in total. The zero-order chi connectivity index (χ0) is 10.7. The Morgan fingerprint density at radius 3 is 3.20 bits per heavy atom. The van der Waals surface area contributed by atoms with Gasteiger partial charge in [-0.1, -0.05) is 0 Å². The second-order valence-electron chi connectivity index (χ2n) is 4.10. The highest BCUT2D eigenvalue weighted by Gasteiger charge is 2.22. The number of rotatable bonds is 4. The molecule has 84 valence electrons. The van der Waals surface area contributed by atoms with Crippen LogP contribution in [0, 0.1) is 5.92 Å². The lowest BCUT2D eigenvalue weighted by atomic mass is 9.98. The third-order valence-corrected chi connectivity index (χ3v) is 2.89. The van der Waals surface area contributed by atoms with Gasteiger partial charge in [-0.2, -0.15) is 5.10 Å². The molecule has 15 heavy (non-hydrogen) atoms. The lowest BCUT2D eigenvalue weighted by Crippen LogP contribution is -2.30. The molecule has 2 rings (SSSR count). The number of hydrazine groups is 1. The summed E-state index contributed by atoms with van der Waals surface area (Å²) in [4.78, 5) is 0. The van der Waals surface area contributed by atoms with Gasteiger partial charge in [0, 0.05) is 26.5 Å². The Kier molecular flexibility index (Phi) is 3.35. The Balaban J connectivity index is 1.97. The minimum Gasteiger partial charge on any atom is -0.381 e. The normalized spacial score (nSPS) is 23.2. The van der Waals surface area contributed by atoms with Crippen molar-refractivity contribution in [2.75, 3.05) is 13.2 Å². The van der Waals surface area contributed by atoms with Gasteiger partial charge in [-0.25, -0.2) is 0 Å². The zero-order valence-electron chi connectivity index (χ0n) is 9.02. The molecule has 1 aliphatic heterocycles. The topological polar surface area (TPSA) is 65.1 Å². The molecule has 1 aromatic heterocycles. The first-order chi connectivity index (χ1) is 7.29. The van der Waals surface area contributed by atoms with Crippen molar-refractivity contribution >= 4 is 0 Å². The summed E-state index contributed by atoms with van der Waals surface area (Å²) in [6, 6.07) is 2.14. The lowest BCUT2D eigenvalue weighted by Gasteiger charge is -2.16. The highest BCUT2D eigenvalue weighted by atomic mass is 16.5. The first-order valence-electron chi connectivity index (χ1n) is 5.33. The third kappa shape index (κ3) is 2.56. The Morgan fingerprint density at radius 2 is 2.67 bits per heavy atom. The summed E-state index contributed by atoms with van der Waals surface area (Å²) in [6.07, 6.45) is 4.06. The highest BCUT2D eigenvalue weighted by Crippen LogP contribution is 2.24. The summed E-state index contributed by atoms with van der Waals surface area (Å²) in [7, 11) is 1.91. The number of nitrogens with two attached hydrogens (primary N) is 1. The second-order valence-corrected chi connectivity index (χ2v) is 4.10. The fraction of sp³-hybridized carbons (Fsp3) is 0.700. The van der Waals surface area contributed by atoms with E-state index in [0.29, 0.717) is 5.92 Å². The molecule has 1 aliphatic rings. The van der Waals surface area contributed by atoms with Gasteiger partial charge in [-0.05, 0) is 24.8 Å². The van der Waals surface area contributed by atoms with Crippen LogP contribution in [-0.2, 0) is 11.8 Å². The average Bonchev–Trinajstić information content (AvgIpc) is 2.85. The van der Waals surface area contributed by atoms with Crippen molar-refractivity contribution in [2.45, 2.75) is 18.9 Å². The smallest absolute Gasteiger partial charge is 0.0807 e. The van der Waals surface area contributed by atoms with E-state index in [1.54, 1.807) is 4.68 Å². The number of hydrogen-bond donors (Lipinski definition) is 2. The predicted molar refractivity (Wildman–Crippen MR) is 56.8 cm³/mol. The fourth-order valence-corrected chi connectivity index (χ4v) is 2.00. The summed E-state index contributed by atoms with van der Waals surface area (Å²) in [6.45, 7) is 1.73. The monoisotopic (exact) mass is 210 g/mol. The predicted octanol–water partition coefficient (Wildman–Crippen LogP) is 0.351. The number of aromatic nitrogens is 2. The molecule has 0 aromatic carbocycles. The second kappa shape index (κ2) is 4.74. The number of nitrogens with one attached hydrogen (secondary N) is 1. The molecule has 2 unspecified atom stereocenters. The third-order valence-electron chi connectivity index (χ3n) is 2.89.